The number of para-hydroxylation sites is 1. The van der Waals surface area contributed by atoms with Crippen molar-refractivity contribution >= 4 is 21.6 Å². The first-order valence-electron chi connectivity index (χ1n) is 16.9. The number of aromatic nitrogens is 1. The van der Waals surface area contributed by atoms with Crippen LogP contribution >= 0.6 is 0 Å². The molecule has 2 aliphatic rings. The number of unbranched alkanes of at least 4 members (excludes halogenated alkanes) is 1. The number of carbonyl (C=O) groups excluding carboxylic acids is 1. The SMILES string of the molecule is CCCCN([C@H]1CC(C)(C)Oc2ncc(C(=O)N3CCC[C@H]3CCNc3c(C)cccc3C)cc21)S(=O)(=O)c1ccc(CC)cc1. The minimum absolute atomic E-state index is 0.0634. The number of likely N-dealkylation sites (tertiary alicyclic amines) is 1. The Balaban J connectivity index is 1.42. The first kappa shape index (κ1) is 33.9. The number of aryl methyl sites for hydroxylation is 3. The van der Waals surface area contributed by atoms with Crippen LogP contribution in [0.3, 0.4) is 0 Å². The number of ether oxygens (including phenoxy) is 1. The number of carbonyl (C=O) groups is 1. The molecule has 5 rings (SSSR count). The number of sulfonamides is 1. The zero-order chi connectivity index (χ0) is 33.1. The van der Waals surface area contributed by atoms with E-state index in [1.807, 2.05) is 36.9 Å². The summed E-state index contributed by atoms with van der Waals surface area (Å²) in [6.45, 7) is 14.1. The summed E-state index contributed by atoms with van der Waals surface area (Å²) >= 11 is 0. The minimum atomic E-state index is -3.84. The monoisotopic (exact) mass is 646 g/mol. The maximum atomic E-state index is 14.3. The molecule has 0 spiro atoms. The van der Waals surface area contributed by atoms with Crippen LogP contribution in [-0.4, -0.2) is 59.8 Å². The van der Waals surface area contributed by atoms with Gasteiger partial charge in [0.15, 0.2) is 0 Å². The number of benzene rings is 2. The number of hydrogen-bond acceptors (Lipinski definition) is 6. The van der Waals surface area contributed by atoms with Gasteiger partial charge < -0.3 is 15.0 Å². The number of amides is 1. The molecule has 3 aromatic rings. The number of nitrogens with zero attached hydrogens (tertiary/aromatic N) is 3. The van der Waals surface area contributed by atoms with Crippen LogP contribution < -0.4 is 10.1 Å². The molecule has 1 aromatic heterocycles. The molecule has 0 radical (unpaired) electrons. The van der Waals surface area contributed by atoms with Crippen molar-refractivity contribution in [2.75, 3.05) is 25.0 Å². The Bertz CT molecular complexity index is 1620. The molecular weight excluding hydrogens is 596 g/mol. The lowest BCUT2D eigenvalue weighted by atomic mass is 9.90. The van der Waals surface area contributed by atoms with Gasteiger partial charge in [-0.2, -0.15) is 4.31 Å². The molecule has 1 amide bonds. The molecule has 46 heavy (non-hydrogen) atoms. The third kappa shape index (κ3) is 7.26. The molecule has 2 aliphatic heterocycles. The van der Waals surface area contributed by atoms with Crippen molar-refractivity contribution in [2.45, 2.75) is 109 Å². The fourth-order valence-electron chi connectivity index (χ4n) is 6.86. The molecule has 2 aromatic carbocycles. The molecule has 1 N–H and O–H groups in total. The van der Waals surface area contributed by atoms with Gasteiger partial charge in [-0.25, -0.2) is 13.4 Å². The smallest absolute Gasteiger partial charge is 0.255 e. The van der Waals surface area contributed by atoms with Gasteiger partial charge in [0.05, 0.1) is 16.5 Å². The highest BCUT2D eigenvalue weighted by Gasteiger charge is 2.43. The molecule has 0 saturated carbocycles. The molecule has 1 fully saturated rings. The van der Waals surface area contributed by atoms with Gasteiger partial charge in [0.1, 0.15) is 5.60 Å². The second kappa shape index (κ2) is 14.1. The van der Waals surface area contributed by atoms with Crippen LogP contribution in [0.5, 0.6) is 5.88 Å². The van der Waals surface area contributed by atoms with Crippen LogP contribution in [0.2, 0.25) is 0 Å². The van der Waals surface area contributed by atoms with Crippen molar-refractivity contribution in [1.29, 1.82) is 0 Å². The summed E-state index contributed by atoms with van der Waals surface area (Å²) in [5, 5.41) is 3.60. The number of pyridine rings is 1. The van der Waals surface area contributed by atoms with E-state index in [9.17, 15) is 13.2 Å². The Morgan fingerprint density at radius 2 is 1.83 bits per heavy atom. The van der Waals surface area contributed by atoms with Gasteiger partial charge >= 0.3 is 0 Å². The largest absolute Gasteiger partial charge is 0.471 e. The van der Waals surface area contributed by atoms with Crippen LogP contribution in [0.25, 0.3) is 0 Å². The molecule has 0 aliphatic carbocycles. The van der Waals surface area contributed by atoms with E-state index in [2.05, 4.69) is 56.2 Å². The third-order valence-electron chi connectivity index (χ3n) is 9.46. The van der Waals surface area contributed by atoms with Crippen molar-refractivity contribution < 1.29 is 17.9 Å². The standard InChI is InChI=1S/C37H50N4O4S/c1-7-9-22-41(46(43,44)31-17-15-28(8-2)16-18-31)33-24-37(5,6)45-35-32(33)23-29(25-39-35)36(42)40-21-11-14-30(40)19-20-38-34-26(3)12-10-13-27(34)4/h10,12-13,15-18,23,25,30,33,38H,7-9,11,14,19-22,24H2,1-6H3/t30-,33-/m0/s1. The van der Waals surface area contributed by atoms with Crippen molar-refractivity contribution in [2.24, 2.45) is 0 Å². The molecule has 1 saturated heterocycles. The average Bonchev–Trinajstić information content (AvgIpc) is 3.50. The Labute approximate surface area is 275 Å². The summed E-state index contributed by atoms with van der Waals surface area (Å²) in [6.07, 6.45) is 7.21. The van der Waals surface area contributed by atoms with E-state index < -0.39 is 21.7 Å². The molecule has 0 bridgehead atoms. The quantitative estimate of drug-likeness (QED) is 0.220. The highest BCUT2D eigenvalue weighted by Crippen LogP contribution is 2.44. The minimum Gasteiger partial charge on any atom is -0.471 e. The lowest BCUT2D eigenvalue weighted by molar-refractivity contribution is 0.0444. The molecule has 9 heteroatoms. The van der Waals surface area contributed by atoms with Gasteiger partial charge in [-0.1, -0.05) is 50.6 Å². The predicted molar refractivity (Wildman–Crippen MR) is 184 cm³/mol. The van der Waals surface area contributed by atoms with Crippen LogP contribution in [-0.2, 0) is 16.4 Å². The lowest BCUT2D eigenvalue weighted by Gasteiger charge is -2.41. The van der Waals surface area contributed by atoms with Crippen LogP contribution in [0.4, 0.5) is 5.69 Å². The van der Waals surface area contributed by atoms with Gasteiger partial charge in [-0.05, 0) is 94.7 Å². The second-order valence-electron chi connectivity index (χ2n) is 13.4. The summed E-state index contributed by atoms with van der Waals surface area (Å²) in [7, 11) is -3.84. The van der Waals surface area contributed by atoms with Crippen molar-refractivity contribution in [3.05, 3.63) is 82.5 Å². The summed E-state index contributed by atoms with van der Waals surface area (Å²) in [6, 6.07) is 14.9. The van der Waals surface area contributed by atoms with Crippen LogP contribution in [0.15, 0.2) is 59.6 Å². The van der Waals surface area contributed by atoms with Gasteiger partial charge in [0.25, 0.3) is 5.91 Å². The zero-order valence-electron chi connectivity index (χ0n) is 28.3. The Morgan fingerprint density at radius 3 is 2.50 bits per heavy atom. The molecule has 2 atom stereocenters. The van der Waals surface area contributed by atoms with Gasteiger partial charge in [-0.15, -0.1) is 0 Å². The summed E-state index contributed by atoms with van der Waals surface area (Å²) in [5.41, 5.74) is 5.18. The van der Waals surface area contributed by atoms with Crippen molar-refractivity contribution in [3.63, 3.8) is 0 Å². The summed E-state index contributed by atoms with van der Waals surface area (Å²) in [4.78, 5) is 20.9. The number of hydrogen-bond donors (Lipinski definition) is 1. The van der Waals surface area contributed by atoms with E-state index in [1.165, 1.54) is 11.1 Å². The molecule has 0 unspecified atom stereocenters. The number of rotatable bonds is 12. The third-order valence-corrected chi connectivity index (χ3v) is 11.4. The van der Waals surface area contributed by atoms with E-state index in [4.69, 9.17) is 4.74 Å². The Morgan fingerprint density at radius 1 is 1.11 bits per heavy atom. The Kier molecular flexibility index (Phi) is 10.4. The van der Waals surface area contributed by atoms with Gasteiger partial charge in [0, 0.05) is 49.5 Å². The van der Waals surface area contributed by atoms with E-state index in [1.54, 1.807) is 22.6 Å². The number of nitrogens with one attached hydrogen (secondary N) is 1. The maximum Gasteiger partial charge on any atom is 0.255 e. The first-order valence-corrected chi connectivity index (χ1v) is 18.3. The predicted octanol–water partition coefficient (Wildman–Crippen LogP) is 7.46. The molecule has 8 nitrogen and oxygen atoms in total. The summed E-state index contributed by atoms with van der Waals surface area (Å²) < 4.78 is 36.4. The lowest BCUT2D eigenvalue weighted by Crippen LogP contribution is -2.44. The summed E-state index contributed by atoms with van der Waals surface area (Å²) in [5.74, 6) is 0.332. The topological polar surface area (TPSA) is 91.8 Å². The maximum absolute atomic E-state index is 14.3. The molecular formula is C37H50N4O4S. The van der Waals surface area contributed by atoms with Crippen LogP contribution in [0, 0.1) is 13.8 Å². The second-order valence-corrected chi connectivity index (χ2v) is 15.3. The van der Waals surface area contributed by atoms with Gasteiger partial charge in [0.2, 0.25) is 15.9 Å². The molecule has 3 heterocycles. The highest BCUT2D eigenvalue weighted by atomic mass is 32.2. The van der Waals surface area contributed by atoms with E-state index in [0.29, 0.717) is 36.5 Å². The van der Waals surface area contributed by atoms with E-state index in [0.717, 1.165) is 56.3 Å². The fraction of sp³-hybridized carbons (Fsp3) is 0.514. The van der Waals surface area contributed by atoms with Crippen LogP contribution in [0.1, 0.15) is 105 Å². The normalized spacial score (nSPS) is 19.2. The Hall–Kier alpha value is -3.43. The van der Waals surface area contributed by atoms with Crippen molar-refractivity contribution in [3.8, 4) is 5.88 Å². The number of fused-ring (bicyclic) bond motifs is 1. The molecule has 248 valence electrons. The highest BCUT2D eigenvalue weighted by molar-refractivity contribution is 7.89. The average molecular weight is 647 g/mol. The van der Waals surface area contributed by atoms with E-state index in [-0.39, 0.29) is 16.8 Å². The van der Waals surface area contributed by atoms with Gasteiger partial charge in [-0.3, -0.25) is 4.79 Å². The fourth-order valence-corrected chi connectivity index (χ4v) is 8.51. The number of anilines is 1. The van der Waals surface area contributed by atoms with Crippen molar-refractivity contribution in [1.82, 2.24) is 14.2 Å². The first-order chi connectivity index (χ1) is 21.9. The zero-order valence-corrected chi connectivity index (χ0v) is 29.1. The van der Waals surface area contributed by atoms with E-state index >= 15 is 0 Å².